The number of H-pyrrole nitrogens is 1. The van der Waals surface area contributed by atoms with Crippen LogP contribution in [-0.4, -0.2) is 32.3 Å². The molecular formula is C22H20ClN5O2. The third kappa shape index (κ3) is 3.41. The summed E-state index contributed by atoms with van der Waals surface area (Å²) in [5.41, 5.74) is 4.00. The highest BCUT2D eigenvalue weighted by Gasteiger charge is 2.26. The van der Waals surface area contributed by atoms with Crippen LogP contribution in [-0.2, 0) is 11.2 Å². The number of carbonyl (C=O) groups is 1. The van der Waals surface area contributed by atoms with Crippen LogP contribution in [0.15, 0.2) is 55.1 Å². The predicted molar refractivity (Wildman–Crippen MR) is 114 cm³/mol. The molecule has 5 rings (SSSR count). The number of para-hydroxylation sites is 3. The molecule has 7 nitrogen and oxygen atoms in total. The number of nitrogens with one attached hydrogen (secondary N) is 2. The number of amides is 1. The SMILES string of the molecule is O=C(COc1ccccc1-n1cnnc1)N[C@H]1CCCc2c1[nH]c1c(Cl)cccc21. The number of benzene rings is 2. The molecule has 30 heavy (non-hydrogen) atoms. The average molecular weight is 422 g/mol. The van der Waals surface area contributed by atoms with Gasteiger partial charge in [0.15, 0.2) is 6.61 Å². The van der Waals surface area contributed by atoms with Crippen molar-refractivity contribution in [3.05, 3.63) is 71.4 Å². The number of carbonyl (C=O) groups excluding carboxylic acids is 1. The Balaban J connectivity index is 1.31. The van der Waals surface area contributed by atoms with Crippen LogP contribution in [0.25, 0.3) is 16.6 Å². The van der Waals surface area contributed by atoms with Gasteiger partial charge >= 0.3 is 0 Å². The highest BCUT2D eigenvalue weighted by molar-refractivity contribution is 6.35. The molecule has 0 unspecified atom stereocenters. The molecule has 1 aliphatic carbocycles. The molecule has 0 spiro atoms. The molecule has 0 aliphatic heterocycles. The summed E-state index contributed by atoms with van der Waals surface area (Å²) in [4.78, 5) is 16.1. The molecule has 2 N–H and O–H groups in total. The lowest BCUT2D eigenvalue weighted by atomic mass is 9.91. The van der Waals surface area contributed by atoms with Crippen molar-refractivity contribution in [2.24, 2.45) is 0 Å². The molecular weight excluding hydrogens is 402 g/mol. The Bertz CT molecular complexity index is 1200. The molecule has 8 heteroatoms. The molecule has 0 fully saturated rings. The van der Waals surface area contributed by atoms with Crippen molar-refractivity contribution in [3.63, 3.8) is 0 Å². The molecule has 0 bridgehead atoms. The normalized spacial score (nSPS) is 15.7. The second-order valence-electron chi connectivity index (χ2n) is 7.32. The maximum atomic E-state index is 12.7. The second-order valence-corrected chi connectivity index (χ2v) is 7.72. The Morgan fingerprint density at radius 2 is 2.03 bits per heavy atom. The van der Waals surface area contributed by atoms with Gasteiger partial charge in [-0.15, -0.1) is 10.2 Å². The van der Waals surface area contributed by atoms with Gasteiger partial charge in [0.05, 0.1) is 22.3 Å². The van der Waals surface area contributed by atoms with Crippen LogP contribution in [0.4, 0.5) is 0 Å². The van der Waals surface area contributed by atoms with E-state index in [0.29, 0.717) is 10.8 Å². The van der Waals surface area contributed by atoms with Crippen molar-refractivity contribution in [1.82, 2.24) is 25.1 Å². The third-order valence-corrected chi connectivity index (χ3v) is 5.76. The van der Waals surface area contributed by atoms with E-state index in [2.05, 4.69) is 26.6 Å². The van der Waals surface area contributed by atoms with Gasteiger partial charge in [0.25, 0.3) is 5.91 Å². The summed E-state index contributed by atoms with van der Waals surface area (Å²) in [5, 5.41) is 12.6. The van der Waals surface area contributed by atoms with Crippen molar-refractivity contribution in [3.8, 4) is 11.4 Å². The van der Waals surface area contributed by atoms with E-state index >= 15 is 0 Å². The van der Waals surface area contributed by atoms with E-state index in [4.69, 9.17) is 16.3 Å². The Kier molecular flexibility index (Phi) is 4.88. The number of fused-ring (bicyclic) bond motifs is 3. The van der Waals surface area contributed by atoms with Gasteiger partial charge in [-0.25, -0.2) is 0 Å². The lowest BCUT2D eigenvalue weighted by molar-refractivity contribution is -0.124. The number of rotatable bonds is 5. The molecule has 1 aliphatic rings. The van der Waals surface area contributed by atoms with Gasteiger partial charge < -0.3 is 15.0 Å². The third-order valence-electron chi connectivity index (χ3n) is 5.45. The molecule has 152 valence electrons. The van der Waals surface area contributed by atoms with Crippen LogP contribution in [0.2, 0.25) is 5.02 Å². The molecule has 4 aromatic rings. The van der Waals surface area contributed by atoms with E-state index in [1.165, 1.54) is 5.56 Å². The standard InChI is InChI=1S/C22H20ClN5O2/c23-16-7-3-5-14-15-6-4-8-17(22(15)27-21(14)16)26-20(29)11-30-19-10-2-1-9-18(19)28-12-24-25-13-28/h1-3,5,7,9-10,12-13,17,27H,4,6,8,11H2,(H,26,29)/t17-/m0/s1. The first-order valence-electron chi connectivity index (χ1n) is 9.86. The van der Waals surface area contributed by atoms with Gasteiger partial charge in [-0.05, 0) is 43.0 Å². The van der Waals surface area contributed by atoms with Gasteiger partial charge in [0.1, 0.15) is 18.4 Å². The van der Waals surface area contributed by atoms with Gasteiger partial charge in [0, 0.05) is 11.1 Å². The summed E-state index contributed by atoms with van der Waals surface area (Å²) in [6, 6.07) is 13.3. The summed E-state index contributed by atoms with van der Waals surface area (Å²) < 4.78 is 7.56. The van der Waals surface area contributed by atoms with Crippen LogP contribution in [0.1, 0.15) is 30.1 Å². The summed E-state index contributed by atoms with van der Waals surface area (Å²) in [5.74, 6) is 0.422. The quantitative estimate of drug-likeness (QED) is 0.510. The molecule has 2 aromatic carbocycles. The van der Waals surface area contributed by atoms with E-state index in [1.54, 1.807) is 17.2 Å². The average Bonchev–Trinajstić information content (AvgIpc) is 3.42. The zero-order valence-corrected chi connectivity index (χ0v) is 16.9. The number of aromatic amines is 1. The minimum atomic E-state index is -0.170. The summed E-state index contributed by atoms with van der Waals surface area (Å²) in [6.45, 7) is -0.0774. The maximum Gasteiger partial charge on any atom is 0.258 e. The fourth-order valence-corrected chi connectivity index (χ4v) is 4.31. The van der Waals surface area contributed by atoms with Gasteiger partial charge in [-0.3, -0.25) is 9.36 Å². The maximum absolute atomic E-state index is 12.7. The lowest BCUT2D eigenvalue weighted by Gasteiger charge is -2.24. The smallest absolute Gasteiger partial charge is 0.258 e. The monoisotopic (exact) mass is 421 g/mol. The predicted octanol–water partition coefficient (Wildman–Crippen LogP) is 3.97. The van der Waals surface area contributed by atoms with Crippen LogP contribution in [0.5, 0.6) is 5.75 Å². The number of aryl methyl sites for hydroxylation is 1. The Morgan fingerprint density at radius 3 is 2.90 bits per heavy atom. The highest BCUT2D eigenvalue weighted by atomic mass is 35.5. The van der Waals surface area contributed by atoms with E-state index in [9.17, 15) is 4.79 Å². The molecule has 0 saturated carbocycles. The molecule has 1 atom stereocenters. The number of aromatic nitrogens is 4. The van der Waals surface area contributed by atoms with E-state index in [0.717, 1.165) is 41.5 Å². The molecule has 2 aromatic heterocycles. The van der Waals surface area contributed by atoms with E-state index in [1.807, 2.05) is 36.4 Å². The fraction of sp³-hybridized carbons (Fsp3) is 0.227. The first kappa shape index (κ1) is 18.7. The zero-order chi connectivity index (χ0) is 20.5. The number of nitrogens with zero attached hydrogens (tertiary/aromatic N) is 3. The van der Waals surface area contributed by atoms with Gasteiger partial charge in [-0.1, -0.05) is 35.9 Å². The Morgan fingerprint density at radius 1 is 1.20 bits per heavy atom. The number of hydrogen-bond acceptors (Lipinski definition) is 4. The minimum absolute atomic E-state index is 0.0774. The minimum Gasteiger partial charge on any atom is -0.482 e. The molecule has 1 amide bonds. The van der Waals surface area contributed by atoms with E-state index < -0.39 is 0 Å². The Labute approximate surface area is 178 Å². The number of hydrogen-bond donors (Lipinski definition) is 2. The number of ether oxygens (including phenoxy) is 1. The van der Waals surface area contributed by atoms with Gasteiger partial charge in [-0.2, -0.15) is 0 Å². The first-order valence-corrected chi connectivity index (χ1v) is 10.2. The molecule has 0 saturated heterocycles. The summed E-state index contributed by atoms with van der Waals surface area (Å²) >= 11 is 6.36. The lowest BCUT2D eigenvalue weighted by Crippen LogP contribution is -2.34. The fourth-order valence-electron chi connectivity index (χ4n) is 4.09. The van der Waals surface area contributed by atoms with E-state index in [-0.39, 0.29) is 18.6 Å². The summed E-state index contributed by atoms with van der Waals surface area (Å²) in [6.07, 6.45) is 6.04. The largest absolute Gasteiger partial charge is 0.482 e. The van der Waals surface area contributed by atoms with Crippen molar-refractivity contribution >= 4 is 28.4 Å². The van der Waals surface area contributed by atoms with Gasteiger partial charge in [0.2, 0.25) is 0 Å². The molecule has 2 heterocycles. The van der Waals surface area contributed by atoms with Crippen LogP contribution in [0, 0.1) is 0 Å². The topological polar surface area (TPSA) is 84.8 Å². The van der Waals surface area contributed by atoms with Crippen LogP contribution in [0.3, 0.4) is 0 Å². The van der Waals surface area contributed by atoms with Crippen molar-refractivity contribution in [1.29, 1.82) is 0 Å². The second kappa shape index (κ2) is 7.84. The van der Waals surface area contributed by atoms with Crippen LogP contribution >= 0.6 is 11.6 Å². The van der Waals surface area contributed by atoms with Crippen LogP contribution < -0.4 is 10.1 Å². The van der Waals surface area contributed by atoms with Crippen molar-refractivity contribution in [2.45, 2.75) is 25.3 Å². The van der Waals surface area contributed by atoms with Crippen molar-refractivity contribution < 1.29 is 9.53 Å². The highest BCUT2D eigenvalue weighted by Crippen LogP contribution is 2.36. The summed E-state index contributed by atoms with van der Waals surface area (Å²) in [7, 11) is 0. The number of halogens is 1. The first-order chi connectivity index (χ1) is 14.7. The van der Waals surface area contributed by atoms with Crippen molar-refractivity contribution in [2.75, 3.05) is 6.61 Å². The molecule has 0 radical (unpaired) electrons. The Hall–Kier alpha value is -3.32. The zero-order valence-electron chi connectivity index (χ0n) is 16.1.